The van der Waals surface area contributed by atoms with Gasteiger partial charge in [-0.25, -0.2) is 0 Å². The van der Waals surface area contributed by atoms with E-state index in [2.05, 4.69) is 27.5 Å². The van der Waals surface area contributed by atoms with Crippen LogP contribution in [0.5, 0.6) is 5.75 Å². The lowest BCUT2D eigenvalue weighted by molar-refractivity contribution is -0.114. The molecule has 2 aromatic rings. The number of benzene rings is 2. The molecule has 0 fully saturated rings. The van der Waals surface area contributed by atoms with Crippen molar-refractivity contribution in [3.63, 3.8) is 0 Å². The Hall–Kier alpha value is -3.28. The van der Waals surface area contributed by atoms with E-state index < -0.39 is 0 Å². The summed E-state index contributed by atoms with van der Waals surface area (Å²) in [7, 11) is 1.75. The van der Waals surface area contributed by atoms with E-state index in [0.29, 0.717) is 13.2 Å². The number of hydrogen-bond donors (Lipinski definition) is 3. The summed E-state index contributed by atoms with van der Waals surface area (Å²) >= 11 is 0. The summed E-state index contributed by atoms with van der Waals surface area (Å²) in [6.07, 6.45) is 2.58. The lowest BCUT2D eigenvalue weighted by atomic mass is 10.1. The maximum atomic E-state index is 11.1. The Kier molecular flexibility index (Phi) is 8.59. The first-order valence-corrected chi connectivity index (χ1v) is 9.25. The van der Waals surface area contributed by atoms with Crippen molar-refractivity contribution >= 4 is 17.6 Å². The van der Waals surface area contributed by atoms with E-state index in [1.165, 1.54) is 12.5 Å². The van der Waals surface area contributed by atoms with E-state index in [1.807, 2.05) is 48.5 Å². The number of carbonyl (C=O) groups excluding carboxylic acids is 1. The van der Waals surface area contributed by atoms with Crippen molar-refractivity contribution in [2.45, 2.75) is 19.9 Å². The molecule has 0 spiro atoms. The Morgan fingerprint density at radius 2 is 1.89 bits per heavy atom. The molecule has 0 bridgehead atoms. The fraction of sp³-hybridized carbons (Fsp3) is 0.273. The molecule has 1 amide bonds. The van der Waals surface area contributed by atoms with Crippen LogP contribution in [0.15, 0.2) is 66.2 Å². The largest absolute Gasteiger partial charge is 0.489 e. The summed E-state index contributed by atoms with van der Waals surface area (Å²) in [4.78, 5) is 15.3. The number of guanidine groups is 1. The topological polar surface area (TPSA) is 74.8 Å². The first kappa shape index (κ1) is 21.0. The molecule has 2 rings (SSSR count). The van der Waals surface area contributed by atoms with Gasteiger partial charge in [0.1, 0.15) is 12.4 Å². The Labute approximate surface area is 166 Å². The van der Waals surface area contributed by atoms with Gasteiger partial charge in [-0.15, -0.1) is 0 Å². The third-order valence-electron chi connectivity index (χ3n) is 3.98. The van der Waals surface area contributed by atoms with Crippen LogP contribution < -0.4 is 20.7 Å². The van der Waals surface area contributed by atoms with Crippen molar-refractivity contribution < 1.29 is 9.53 Å². The number of hydrogen-bond acceptors (Lipinski definition) is 3. The summed E-state index contributed by atoms with van der Waals surface area (Å²) in [6.45, 7) is 7.01. The van der Waals surface area contributed by atoms with Gasteiger partial charge in [0.15, 0.2) is 5.96 Å². The second-order valence-corrected chi connectivity index (χ2v) is 6.19. The highest BCUT2D eigenvalue weighted by atomic mass is 16.5. The molecule has 0 radical (unpaired) electrons. The van der Waals surface area contributed by atoms with Crippen molar-refractivity contribution in [1.82, 2.24) is 10.6 Å². The first-order chi connectivity index (χ1) is 13.6. The van der Waals surface area contributed by atoms with E-state index >= 15 is 0 Å². The minimum Gasteiger partial charge on any atom is -0.489 e. The van der Waals surface area contributed by atoms with Crippen molar-refractivity contribution in [2.24, 2.45) is 4.99 Å². The minimum atomic E-state index is -0.0687. The maximum Gasteiger partial charge on any atom is 0.221 e. The van der Waals surface area contributed by atoms with Gasteiger partial charge in [0, 0.05) is 38.3 Å². The SMILES string of the molecule is C=CCOc1ccccc1CNC(=NC)NCCc1ccc(NC(C)=O)cc1. The Balaban J connectivity index is 1.80. The van der Waals surface area contributed by atoms with Crippen LogP contribution in [0.4, 0.5) is 5.69 Å². The van der Waals surface area contributed by atoms with Gasteiger partial charge in [-0.2, -0.15) is 0 Å². The molecule has 0 aliphatic rings. The number of amides is 1. The highest BCUT2D eigenvalue weighted by Gasteiger charge is 2.04. The fourth-order valence-corrected chi connectivity index (χ4v) is 2.62. The van der Waals surface area contributed by atoms with Crippen LogP contribution in [0.1, 0.15) is 18.1 Å². The standard InChI is InChI=1S/C22H28N4O2/c1-4-15-28-21-8-6-5-7-19(21)16-25-22(23-3)24-14-13-18-9-11-20(12-10-18)26-17(2)27/h4-12H,1,13-16H2,2-3H3,(H,26,27)(H2,23,24,25). The number of rotatable bonds is 9. The molecule has 0 atom stereocenters. The number of para-hydroxylation sites is 1. The molecule has 0 unspecified atom stereocenters. The highest BCUT2D eigenvalue weighted by Crippen LogP contribution is 2.17. The first-order valence-electron chi connectivity index (χ1n) is 9.25. The van der Waals surface area contributed by atoms with Gasteiger partial charge in [-0.1, -0.05) is 43.0 Å². The van der Waals surface area contributed by atoms with Crippen LogP contribution >= 0.6 is 0 Å². The van der Waals surface area contributed by atoms with Gasteiger partial charge in [-0.05, 0) is 30.2 Å². The average Bonchev–Trinajstić information content (AvgIpc) is 2.70. The highest BCUT2D eigenvalue weighted by molar-refractivity contribution is 5.88. The predicted molar refractivity (Wildman–Crippen MR) is 115 cm³/mol. The Bertz CT molecular complexity index is 800. The molecule has 0 aromatic heterocycles. The van der Waals surface area contributed by atoms with Gasteiger partial charge in [0.2, 0.25) is 5.91 Å². The van der Waals surface area contributed by atoms with Crippen molar-refractivity contribution in [1.29, 1.82) is 0 Å². The molecule has 0 aliphatic carbocycles. The smallest absolute Gasteiger partial charge is 0.221 e. The summed E-state index contributed by atoms with van der Waals surface area (Å²) in [5, 5.41) is 9.38. The average molecular weight is 380 g/mol. The van der Waals surface area contributed by atoms with Gasteiger partial charge >= 0.3 is 0 Å². The molecule has 0 saturated carbocycles. The lowest BCUT2D eigenvalue weighted by Crippen LogP contribution is -2.37. The zero-order chi connectivity index (χ0) is 20.2. The number of anilines is 1. The van der Waals surface area contributed by atoms with Gasteiger partial charge < -0.3 is 20.7 Å². The van der Waals surface area contributed by atoms with Crippen molar-refractivity contribution in [3.05, 3.63) is 72.3 Å². The number of carbonyl (C=O) groups is 1. The quantitative estimate of drug-likeness (QED) is 0.355. The fourth-order valence-electron chi connectivity index (χ4n) is 2.62. The van der Waals surface area contributed by atoms with Crippen LogP contribution in [-0.2, 0) is 17.8 Å². The lowest BCUT2D eigenvalue weighted by Gasteiger charge is -2.14. The van der Waals surface area contributed by atoms with Gasteiger partial charge in [0.05, 0.1) is 0 Å². The van der Waals surface area contributed by atoms with Crippen LogP contribution in [-0.4, -0.2) is 32.1 Å². The van der Waals surface area contributed by atoms with Crippen LogP contribution in [0.3, 0.4) is 0 Å². The summed E-state index contributed by atoms with van der Waals surface area (Å²) in [5.74, 6) is 1.50. The van der Waals surface area contributed by atoms with Crippen LogP contribution in [0, 0.1) is 0 Å². The van der Waals surface area contributed by atoms with E-state index in [1.54, 1.807) is 13.1 Å². The molecule has 0 saturated heterocycles. The maximum absolute atomic E-state index is 11.1. The van der Waals surface area contributed by atoms with Gasteiger partial charge in [-0.3, -0.25) is 9.79 Å². The zero-order valence-electron chi connectivity index (χ0n) is 16.5. The molecule has 6 nitrogen and oxygen atoms in total. The third kappa shape index (κ3) is 7.15. The van der Waals surface area contributed by atoms with Gasteiger partial charge in [0.25, 0.3) is 0 Å². The second-order valence-electron chi connectivity index (χ2n) is 6.19. The molecule has 3 N–H and O–H groups in total. The number of nitrogens with zero attached hydrogens (tertiary/aromatic N) is 1. The normalized spacial score (nSPS) is 10.9. The second kappa shape index (κ2) is 11.4. The van der Waals surface area contributed by atoms with E-state index in [-0.39, 0.29) is 5.91 Å². The minimum absolute atomic E-state index is 0.0687. The molecular weight excluding hydrogens is 352 g/mol. The monoisotopic (exact) mass is 380 g/mol. The molecule has 6 heteroatoms. The van der Waals surface area contributed by atoms with Crippen molar-refractivity contribution in [3.8, 4) is 5.75 Å². The Morgan fingerprint density at radius 3 is 2.57 bits per heavy atom. The number of ether oxygens (including phenoxy) is 1. The van der Waals surface area contributed by atoms with E-state index in [9.17, 15) is 4.79 Å². The molecule has 28 heavy (non-hydrogen) atoms. The predicted octanol–water partition coefficient (Wildman–Crippen LogP) is 3.12. The van der Waals surface area contributed by atoms with Crippen LogP contribution in [0.2, 0.25) is 0 Å². The summed E-state index contributed by atoms with van der Waals surface area (Å²) in [5.41, 5.74) is 3.04. The van der Waals surface area contributed by atoms with Crippen molar-refractivity contribution in [2.75, 3.05) is 25.5 Å². The molecular formula is C22H28N4O2. The number of nitrogens with one attached hydrogen (secondary N) is 3. The molecule has 2 aromatic carbocycles. The molecule has 0 aliphatic heterocycles. The molecule has 0 heterocycles. The van der Waals surface area contributed by atoms with E-state index in [0.717, 1.165) is 35.9 Å². The van der Waals surface area contributed by atoms with E-state index in [4.69, 9.17) is 4.74 Å². The summed E-state index contributed by atoms with van der Waals surface area (Å²) < 4.78 is 5.68. The zero-order valence-corrected chi connectivity index (χ0v) is 16.5. The summed E-state index contributed by atoms with van der Waals surface area (Å²) in [6, 6.07) is 15.7. The number of aliphatic imine (C=N–C) groups is 1. The third-order valence-corrected chi connectivity index (χ3v) is 3.98. The Morgan fingerprint density at radius 1 is 1.14 bits per heavy atom. The molecule has 148 valence electrons. The van der Waals surface area contributed by atoms with Crippen LogP contribution in [0.25, 0.3) is 0 Å².